The molecule has 0 N–H and O–H groups in total. The van der Waals surface area contributed by atoms with E-state index in [1.54, 1.807) is 0 Å². The van der Waals surface area contributed by atoms with E-state index in [0.29, 0.717) is 5.15 Å². The lowest BCUT2D eigenvalue weighted by Gasteiger charge is -2.17. The molecule has 0 amide bonds. The van der Waals surface area contributed by atoms with Crippen molar-refractivity contribution >= 4 is 34.2 Å². The van der Waals surface area contributed by atoms with E-state index in [2.05, 4.69) is 41.4 Å². The predicted molar refractivity (Wildman–Crippen MR) is 61.0 cm³/mol. The minimum Gasteiger partial charge on any atom is -0.241 e. The zero-order valence-corrected chi connectivity index (χ0v) is 10.3. The van der Waals surface area contributed by atoms with E-state index < -0.39 is 0 Å². The van der Waals surface area contributed by atoms with Crippen molar-refractivity contribution in [1.82, 2.24) is 4.98 Å². The Balaban J connectivity index is 3.19. The van der Waals surface area contributed by atoms with Gasteiger partial charge in [-0.15, -0.1) is 0 Å². The number of halogens is 2. The highest BCUT2D eigenvalue weighted by molar-refractivity contribution is 14.1. The monoisotopic (exact) mass is 295 g/mol. The molecule has 0 radical (unpaired) electrons. The smallest absolute Gasteiger partial charge is 0.133 e. The average molecular weight is 296 g/mol. The highest BCUT2D eigenvalue weighted by Gasteiger charge is 2.19. The summed E-state index contributed by atoms with van der Waals surface area (Å²) in [5.41, 5.74) is 2.06. The van der Waals surface area contributed by atoms with E-state index in [9.17, 15) is 0 Å². The van der Waals surface area contributed by atoms with Crippen molar-refractivity contribution in [3.63, 3.8) is 0 Å². The molecule has 0 aliphatic rings. The van der Waals surface area contributed by atoms with Crippen LogP contribution in [0.4, 0.5) is 0 Å². The molecule has 0 fully saturated rings. The molecular weight excluding hydrogens is 284 g/mol. The number of hydrogen-bond donors (Lipinski definition) is 0. The van der Waals surface area contributed by atoms with Crippen molar-refractivity contribution in [1.29, 1.82) is 0 Å². The normalized spacial score (nSPS) is 11.8. The third-order valence-corrected chi connectivity index (χ3v) is 2.50. The largest absolute Gasteiger partial charge is 0.241 e. The van der Waals surface area contributed by atoms with Gasteiger partial charge in [0.25, 0.3) is 0 Å². The summed E-state index contributed by atoms with van der Waals surface area (Å²) in [4.78, 5) is 4.20. The maximum Gasteiger partial charge on any atom is 0.133 e. The molecule has 0 saturated carbocycles. The number of rotatable bonds is 1. The molecule has 0 unspecified atom stereocenters. The third kappa shape index (κ3) is 2.33. The van der Waals surface area contributed by atoms with Gasteiger partial charge < -0.3 is 0 Å². The van der Waals surface area contributed by atoms with Crippen molar-refractivity contribution < 1.29 is 0 Å². The van der Waals surface area contributed by atoms with Crippen LogP contribution in [-0.2, 0) is 3.42 Å². The van der Waals surface area contributed by atoms with Crippen LogP contribution in [0.5, 0.6) is 0 Å². The van der Waals surface area contributed by atoms with Gasteiger partial charge in [-0.1, -0.05) is 40.3 Å². The molecule has 3 heteroatoms. The maximum atomic E-state index is 6.00. The number of aromatic nitrogens is 1. The van der Waals surface area contributed by atoms with Crippen LogP contribution in [0.1, 0.15) is 25.1 Å². The Kier molecular flexibility index (Phi) is 2.99. The molecule has 0 saturated heterocycles. The molecule has 1 rings (SSSR count). The third-order valence-electron chi connectivity index (χ3n) is 1.63. The Morgan fingerprint density at radius 1 is 1.42 bits per heavy atom. The molecule has 1 aromatic heterocycles. The Morgan fingerprint density at radius 2 is 2.00 bits per heavy atom. The fraction of sp³-hybridized carbons (Fsp3) is 0.444. The lowest BCUT2D eigenvalue weighted by Crippen LogP contribution is -2.08. The van der Waals surface area contributed by atoms with E-state index in [1.807, 2.05) is 19.1 Å². The number of alkyl halides is 1. The Morgan fingerprint density at radius 3 is 2.42 bits per heavy atom. The zero-order valence-electron chi connectivity index (χ0n) is 7.36. The molecule has 0 aliphatic carbocycles. The van der Waals surface area contributed by atoms with Crippen molar-refractivity contribution in [2.24, 2.45) is 0 Å². The molecular formula is C9H11ClIN. The topological polar surface area (TPSA) is 12.9 Å². The Bertz CT molecular complexity index is 291. The summed E-state index contributed by atoms with van der Waals surface area (Å²) in [6.07, 6.45) is 0. The van der Waals surface area contributed by atoms with Gasteiger partial charge in [-0.25, -0.2) is 4.98 Å². The summed E-state index contributed by atoms with van der Waals surface area (Å²) in [5.74, 6) is 0. The quantitative estimate of drug-likeness (QED) is 0.437. The van der Waals surface area contributed by atoms with E-state index in [1.165, 1.54) is 0 Å². The highest BCUT2D eigenvalue weighted by Crippen LogP contribution is 2.34. The number of nitrogens with zero attached hydrogens (tertiary/aromatic N) is 1. The fourth-order valence-corrected chi connectivity index (χ4v) is 2.00. The van der Waals surface area contributed by atoms with Crippen molar-refractivity contribution in [2.45, 2.75) is 24.2 Å². The second-order valence-electron chi connectivity index (χ2n) is 3.26. The summed E-state index contributed by atoms with van der Waals surface area (Å²) >= 11 is 8.35. The SMILES string of the molecule is Cc1ccc(C(C)(C)I)c(Cl)n1. The molecule has 1 heterocycles. The zero-order chi connectivity index (χ0) is 9.35. The predicted octanol–water partition coefficient (Wildman–Crippen LogP) is 3.71. The van der Waals surface area contributed by atoms with E-state index in [-0.39, 0.29) is 3.42 Å². The van der Waals surface area contributed by atoms with Gasteiger partial charge in [0.15, 0.2) is 0 Å². The van der Waals surface area contributed by atoms with Gasteiger partial charge in [0.2, 0.25) is 0 Å². The van der Waals surface area contributed by atoms with Gasteiger partial charge in [0, 0.05) is 14.7 Å². The lowest BCUT2D eigenvalue weighted by atomic mass is 10.1. The standard InChI is InChI=1S/C9H11ClIN/c1-6-4-5-7(8(10)12-6)9(2,3)11/h4-5H,1-3H3. The van der Waals surface area contributed by atoms with E-state index in [4.69, 9.17) is 11.6 Å². The fourth-order valence-electron chi connectivity index (χ4n) is 0.968. The second kappa shape index (κ2) is 3.50. The number of pyridine rings is 1. The first-order chi connectivity index (χ1) is 5.41. The molecule has 66 valence electrons. The van der Waals surface area contributed by atoms with Gasteiger partial charge in [-0.05, 0) is 26.8 Å². The molecule has 12 heavy (non-hydrogen) atoms. The summed E-state index contributed by atoms with van der Waals surface area (Å²) < 4.78 is 0.0511. The summed E-state index contributed by atoms with van der Waals surface area (Å²) in [5, 5.41) is 0.620. The molecule has 0 aromatic carbocycles. The van der Waals surface area contributed by atoms with Crippen molar-refractivity contribution in [3.8, 4) is 0 Å². The van der Waals surface area contributed by atoms with Gasteiger partial charge in [0.1, 0.15) is 5.15 Å². The van der Waals surface area contributed by atoms with E-state index >= 15 is 0 Å². The van der Waals surface area contributed by atoms with Crippen LogP contribution in [0.3, 0.4) is 0 Å². The molecule has 0 aliphatic heterocycles. The lowest BCUT2D eigenvalue weighted by molar-refractivity contribution is 0.818. The maximum absolute atomic E-state index is 6.00. The molecule has 1 aromatic rings. The van der Waals surface area contributed by atoms with E-state index in [0.717, 1.165) is 11.3 Å². The minimum atomic E-state index is 0.0511. The van der Waals surface area contributed by atoms with Gasteiger partial charge >= 0.3 is 0 Å². The van der Waals surface area contributed by atoms with Crippen LogP contribution in [0.25, 0.3) is 0 Å². The van der Waals surface area contributed by atoms with Crippen molar-refractivity contribution in [2.75, 3.05) is 0 Å². The molecule has 0 spiro atoms. The van der Waals surface area contributed by atoms with Crippen LogP contribution in [0.2, 0.25) is 5.15 Å². The van der Waals surface area contributed by atoms with Gasteiger partial charge in [-0.3, -0.25) is 0 Å². The second-order valence-corrected chi connectivity index (χ2v) is 6.32. The van der Waals surface area contributed by atoms with Crippen LogP contribution >= 0.6 is 34.2 Å². The number of hydrogen-bond acceptors (Lipinski definition) is 1. The van der Waals surface area contributed by atoms with Crippen LogP contribution in [0, 0.1) is 6.92 Å². The average Bonchev–Trinajstić information content (AvgIpc) is 1.83. The highest BCUT2D eigenvalue weighted by atomic mass is 127. The van der Waals surface area contributed by atoms with Gasteiger partial charge in [0.05, 0.1) is 0 Å². The minimum absolute atomic E-state index is 0.0511. The Labute approximate surface area is 91.7 Å². The number of aryl methyl sites for hydroxylation is 1. The Hall–Kier alpha value is 0.170. The molecule has 0 bridgehead atoms. The first-order valence-corrected chi connectivity index (χ1v) is 5.19. The molecule has 1 nitrogen and oxygen atoms in total. The van der Waals surface area contributed by atoms with Crippen molar-refractivity contribution in [3.05, 3.63) is 28.5 Å². The summed E-state index contributed by atoms with van der Waals surface area (Å²) in [6.45, 7) is 6.17. The summed E-state index contributed by atoms with van der Waals surface area (Å²) in [6, 6.07) is 4.03. The summed E-state index contributed by atoms with van der Waals surface area (Å²) in [7, 11) is 0. The van der Waals surface area contributed by atoms with Gasteiger partial charge in [-0.2, -0.15) is 0 Å². The first-order valence-electron chi connectivity index (χ1n) is 3.74. The van der Waals surface area contributed by atoms with Crippen LogP contribution in [-0.4, -0.2) is 4.98 Å². The van der Waals surface area contributed by atoms with Crippen LogP contribution < -0.4 is 0 Å². The van der Waals surface area contributed by atoms with Crippen LogP contribution in [0.15, 0.2) is 12.1 Å². The molecule has 0 atom stereocenters. The first kappa shape index (κ1) is 10.3.